The molecular weight excluding hydrogens is 280 g/mol. The van der Waals surface area contributed by atoms with Crippen LogP contribution in [0.1, 0.15) is 26.3 Å². The number of nitrogens with zero attached hydrogens (tertiary/aromatic N) is 1. The van der Waals surface area contributed by atoms with Gasteiger partial charge in [-0.3, -0.25) is 0 Å². The average molecular weight is 306 g/mol. The van der Waals surface area contributed by atoms with Crippen molar-refractivity contribution in [3.63, 3.8) is 0 Å². The zero-order chi connectivity index (χ0) is 16.2. The third-order valence-electron chi connectivity index (χ3n) is 3.61. The lowest BCUT2D eigenvalue weighted by Crippen LogP contribution is -2.55. The van der Waals surface area contributed by atoms with Gasteiger partial charge in [0, 0.05) is 19.6 Å². The smallest absolute Gasteiger partial charge is 0.410 e. The average Bonchev–Trinajstić information content (AvgIpc) is 2.47. The van der Waals surface area contributed by atoms with E-state index in [4.69, 9.17) is 9.47 Å². The zero-order valence-electron chi connectivity index (χ0n) is 13.9. The van der Waals surface area contributed by atoms with Crippen LogP contribution in [0.15, 0.2) is 24.3 Å². The highest BCUT2D eigenvalue weighted by atomic mass is 16.6. The molecule has 2 rings (SSSR count). The largest absolute Gasteiger partial charge is 0.497 e. The van der Waals surface area contributed by atoms with Crippen LogP contribution in [0, 0.1) is 0 Å². The van der Waals surface area contributed by atoms with E-state index in [0.717, 1.165) is 25.3 Å². The molecular formula is C17H26N2O3. The summed E-state index contributed by atoms with van der Waals surface area (Å²) in [4.78, 5) is 14.2. The van der Waals surface area contributed by atoms with Crippen LogP contribution in [0.4, 0.5) is 4.79 Å². The van der Waals surface area contributed by atoms with Crippen LogP contribution in [0.3, 0.4) is 0 Å². The molecule has 0 radical (unpaired) electrons. The van der Waals surface area contributed by atoms with E-state index < -0.39 is 5.60 Å². The number of hydrogen-bond donors (Lipinski definition) is 1. The number of carbonyl (C=O) groups is 1. The van der Waals surface area contributed by atoms with Crippen molar-refractivity contribution in [3.05, 3.63) is 29.8 Å². The highest BCUT2D eigenvalue weighted by Gasteiger charge is 2.30. The molecule has 0 saturated carbocycles. The summed E-state index contributed by atoms with van der Waals surface area (Å²) in [6.07, 6.45) is 0.573. The Hall–Kier alpha value is -1.75. The van der Waals surface area contributed by atoms with Gasteiger partial charge >= 0.3 is 6.09 Å². The minimum absolute atomic E-state index is 0.108. The van der Waals surface area contributed by atoms with E-state index in [2.05, 4.69) is 5.32 Å². The van der Waals surface area contributed by atoms with Gasteiger partial charge in [-0.1, -0.05) is 12.1 Å². The molecule has 1 aliphatic heterocycles. The molecule has 1 unspecified atom stereocenters. The molecule has 122 valence electrons. The Labute approximate surface area is 132 Å². The molecule has 0 bridgehead atoms. The topological polar surface area (TPSA) is 50.8 Å². The molecule has 0 spiro atoms. The molecule has 5 heteroatoms. The standard InChI is InChI=1S/C17H26N2O3/c1-17(2,3)22-16(20)19-10-9-18-12-14(19)11-13-5-7-15(21-4)8-6-13/h5-8,14,18H,9-12H2,1-4H3. The first-order valence-electron chi connectivity index (χ1n) is 7.72. The van der Waals surface area contributed by atoms with Crippen molar-refractivity contribution in [2.75, 3.05) is 26.7 Å². The summed E-state index contributed by atoms with van der Waals surface area (Å²) in [5.41, 5.74) is 0.718. The van der Waals surface area contributed by atoms with E-state index in [1.54, 1.807) is 7.11 Å². The summed E-state index contributed by atoms with van der Waals surface area (Å²) in [6.45, 7) is 7.95. The van der Waals surface area contributed by atoms with E-state index in [9.17, 15) is 4.79 Å². The number of hydrogen-bond acceptors (Lipinski definition) is 4. The van der Waals surface area contributed by atoms with Crippen LogP contribution in [0.5, 0.6) is 5.75 Å². The van der Waals surface area contributed by atoms with Crippen molar-refractivity contribution in [2.24, 2.45) is 0 Å². The lowest BCUT2D eigenvalue weighted by atomic mass is 10.0. The Morgan fingerprint density at radius 3 is 2.59 bits per heavy atom. The fraction of sp³-hybridized carbons (Fsp3) is 0.588. The molecule has 22 heavy (non-hydrogen) atoms. The second-order valence-electron chi connectivity index (χ2n) is 6.58. The quantitative estimate of drug-likeness (QED) is 0.932. The SMILES string of the molecule is COc1ccc(CC2CNCCN2C(=O)OC(C)(C)C)cc1. The maximum atomic E-state index is 12.4. The summed E-state index contributed by atoms with van der Waals surface area (Å²) < 4.78 is 10.7. The molecule has 1 fully saturated rings. The van der Waals surface area contributed by atoms with E-state index >= 15 is 0 Å². The lowest BCUT2D eigenvalue weighted by Gasteiger charge is -2.37. The number of ether oxygens (including phenoxy) is 2. The van der Waals surface area contributed by atoms with Crippen LogP contribution in [-0.4, -0.2) is 49.4 Å². The Morgan fingerprint density at radius 2 is 2.00 bits per heavy atom. The molecule has 5 nitrogen and oxygen atoms in total. The minimum atomic E-state index is -0.466. The minimum Gasteiger partial charge on any atom is -0.497 e. The number of methoxy groups -OCH3 is 1. The van der Waals surface area contributed by atoms with Crippen LogP contribution >= 0.6 is 0 Å². The molecule has 1 saturated heterocycles. The lowest BCUT2D eigenvalue weighted by molar-refractivity contribution is 0.0122. The first-order chi connectivity index (χ1) is 10.4. The monoisotopic (exact) mass is 306 g/mol. The summed E-state index contributed by atoms with van der Waals surface area (Å²) in [5, 5.41) is 3.35. The number of nitrogens with one attached hydrogen (secondary N) is 1. The van der Waals surface area contributed by atoms with Gasteiger partial charge in [0.05, 0.1) is 13.2 Å². The van der Waals surface area contributed by atoms with Gasteiger partial charge in [0.15, 0.2) is 0 Å². The molecule has 1 aromatic carbocycles. The van der Waals surface area contributed by atoms with Crippen molar-refractivity contribution in [2.45, 2.75) is 38.8 Å². The van der Waals surface area contributed by atoms with E-state index in [0.29, 0.717) is 6.54 Å². The van der Waals surface area contributed by atoms with Gasteiger partial charge < -0.3 is 19.7 Å². The van der Waals surface area contributed by atoms with Gasteiger partial charge in [0.1, 0.15) is 11.4 Å². The van der Waals surface area contributed by atoms with Crippen LogP contribution in [0.25, 0.3) is 0 Å². The molecule has 1 atom stereocenters. The van der Waals surface area contributed by atoms with Gasteiger partial charge in [-0.05, 0) is 44.9 Å². The van der Waals surface area contributed by atoms with Gasteiger partial charge in [0.25, 0.3) is 0 Å². The molecule has 1 heterocycles. The van der Waals surface area contributed by atoms with Crippen LogP contribution in [0.2, 0.25) is 0 Å². The summed E-state index contributed by atoms with van der Waals surface area (Å²) in [7, 11) is 1.66. The fourth-order valence-electron chi connectivity index (χ4n) is 2.54. The predicted octanol–water partition coefficient (Wildman–Crippen LogP) is 2.45. The predicted molar refractivity (Wildman–Crippen MR) is 86.3 cm³/mol. The molecule has 0 aromatic heterocycles. The zero-order valence-corrected chi connectivity index (χ0v) is 13.9. The third-order valence-corrected chi connectivity index (χ3v) is 3.61. The number of benzene rings is 1. The summed E-state index contributed by atoms with van der Waals surface area (Å²) in [6, 6.07) is 8.09. The van der Waals surface area contributed by atoms with Crippen molar-refractivity contribution >= 4 is 6.09 Å². The first-order valence-corrected chi connectivity index (χ1v) is 7.72. The van der Waals surface area contributed by atoms with Gasteiger partial charge in [-0.15, -0.1) is 0 Å². The summed E-state index contributed by atoms with van der Waals surface area (Å²) in [5.74, 6) is 0.842. The fourth-order valence-corrected chi connectivity index (χ4v) is 2.54. The molecule has 1 aliphatic rings. The van der Waals surface area contributed by atoms with Gasteiger partial charge in [-0.25, -0.2) is 4.79 Å². The molecule has 0 aliphatic carbocycles. The summed E-state index contributed by atoms with van der Waals surface area (Å²) >= 11 is 0. The van der Waals surface area contributed by atoms with Gasteiger partial charge in [-0.2, -0.15) is 0 Å². The van der Waals surface area contributed by atoms with Crippen molar-refractivity contribution in [3.8, 4) is 5.75 Å². The highest BCUT2D eigenvalue weighted by molar-refractivity contribution is 5.68. The van der Waals surface area contributed by atoms with E-state index in [1.807, 2.05) is 49.9 Å². The maximum absolute atomic E-state index is 12.4. The molecule has 1 N–H and O–H groups in total. The number of amides is 1. The normalized spacial score (nSPS) is 18.9. The second kappa shape index (κ2) is 7.01. The Bertz CT molecular complexity index is 494. The second-order valence-corrected chi connectivity index (χ2v) is 6.58. The van der Waals surface area contributed by atoms with E-state index in [1.165, 1.54) is 5.56 Å². The Balaban J connectivity index is 2.04. The van der Waals surface area contributed by atoms with Gasteiger partial charge in [0.2, 0.25) is 0 Å². The Kier molecular flexibility index (Phi) is 5.29. The third kappa shape index (κ3) is 4.63. The number of piperazine rings is 1. The maximum Gasteiger partial charge on any atom is 0.410 e. The number of carbonyl (C=O) groups excluding carboxylic acids is 1. The van der Waals surface area contributed by atoms with Crippen molar-refractivity contribution in [1.82, 2.24) is 10.2 Å². The van der Waals surface area contributed by atoms with Crippen molar-refractivity contribution < 1.29 is 14.3 Å². The number of rotatable bonds is 3. The van der Waals surface area contributed by atoms with Crippen LogP contribution < -0.4 is 10.1 Å². The van der Waals surface area contributed by atoms with Crippen molar-refractivity contribution in [1.29, 1.82) is 0 Å². The Morgan fingerprint density at radius 1 is 1.32 bits per heavy atom. The molecule has 1 aromatic rings. The molecule has 1 amide bonds. The highest BCUT2D eigenvalue weighted by Crippen LogP contribution is 2.18. The van der Waals surface area contributed by atoms with E-state index in [-0.39, 0.29) is 12.1 Å². The van der Waals surface area contributed by atoms with Crippen LogP contribution in [-0.2, 0) is 11.2 Å². The first kappa shape index (κ1) is 16.6.